The van der Waals surface area contributed by atoms with Crippen LogP contribution in [0, 0.1) is 29.1 Å². The van der Waals surface area contributed by atoms with Crippen LogP contribution < -0.4 is 14.8 Å². The first-order valence-electron chi connectivity index (χ1n) is 9.84. The maximum Gasteiger partial charge on any atom is 0.276 e. The van der Waals surface area contributed by atoms with Gasteiger partial charge in [0.15, 0.2) is 10.9 Å². The first-order chi connectivity index (χ1) is 16.2. The Balaban J connectivity index is 1.84. The monoisotopic (exact) mass is 502 g/mol. The fraction of sp³-hybridized carbons (Fsp3) is 0.273. The van der Waals surface area contributed by atoms with E-state index < -0.39 is 41.4 Å². The first kappa shape index (κ1) is 25.4. The molecule has 34 heavy (non-hydrogen) atoms. The Morgan fingerprint density at radius 3 is 2.29 bits per heavy atom. The van der Waals surface area contributed by atoms with Gasteiger partial charge in [-0.2, -0.15) is 8.78 Å². The van der Waals surface area contributed by atoms with E-state index >= 15 is 0 Å². The van der Waals surface area contributed by atoms with Crippen molar-refractivity contribution < 1.29 is 41.0 Å². The number of rotatable bonds is 9. The zero-order chi connectivity index (χ0) is 25.0. The summed E-state index contributed by atoms with van der Waals surface area (Å²) in [5.74, 6) is -12.2. The summed E-state index contributed by atoms with van der Waals surface area (Å²) in [6, 6.07) is 4.57. The number of benzene rings is 2. The third-order valence-corrected chi connectivity index (χ3v) is 5.17. The number of carbonyl (C=O) groups excluding carboxylic acids is 1. The molecule has 0 aliphatic carbocycles. The molecule has 1 heterocycles. The first-order valence-corrected chi connectivity index (χ1v) is 10.2. The lowest BCUT2D eigenvalue weighted by Crippen LogP contribution is -2.32. The number of hydrogen-bond donors (Lipinski definition) is 1. The van der Waals surface area contributed by atoms with Crippen LogP contribution in [-0.2, 0) is 16.1 Å². The molecular weight excluding hydrogens is 483 g/mol. The lowest BCUT2D eigenvalue weighted by atomic mass is 10.1. The highest BCUT2D eigenvalue weighted by Gasteiger charge is 2.30. The van der Waals surface area contributed by atoms with E-state index in [-0.39, 0.29) is 28.0 Å². The average Bonchev–Trinajstić information content (AvgIpc) is 3.09. The Bertz CT molecular complexity index is 1130. The van der Waals surface area contributed by atoms with Gasteiger partial charge in [0, 0.05) is 25.8 Å². The molecule has 6 nitrogen and oxygen atoms in total. The van der Waals surface area contributed by atoms with Crippen molar-refractivity contribution in [2.24, 2.45) is 0 Å². The minimum absolute atomic E-state index is 0.194. The molecule has 1 saturated heterocycles. The molecule has 0 saturated carbocycles. The molecule has 2 aromatic carbocycles. The second-order valence-electron chi connectivity index (χ2n) is 7.05. The van der Waals surface area contributed by atoms with Gasteiger partial charge in [-0.1, -0.05) is 6.07 Å². The number of amides is 1. The number of nitrogens with zero attached hydrogens (tertiary/aromatic N) is 1. The summed E-state index contributed by atoms with van der Waals surface area (Å²) in [5.41, 5.74) is 0.888. The van der Waals surface area contributed by atoms with Crippen molar-refractivity contribution >= 4 is 29.3 Å². The maximum absolute atomic E-state index is 13.9. The summed E-state index contributed by atoms with van der Waals surface area (Å²) in [6.07, 6.45) is 2.07. The molecular formula is C22H19F5N2O4S. The Kier molecular flexibility index (Phi) is 8.05. The number of methoxy groups -OCH3 is 2. The van der Waals surface area contributed by atoms with Crippen molar-refractivity contribution in [2.45, 2.75) is 13.0 Å². The summed E-state index contributed by atoms with van der Waals surface area (Å²) in [7, 11) is 2.87. The highest BCUT2D eigenvalue weighted by Crippen LogP contribution is 2.31. The number of ether oxygens (including phenoxy) is 3. The van der Waals surface area contributed by atoms with Crippen molar-refractivity contribution in [3.63, 3.8) is 0 Å². The van der Waals surface area contributed by atoms with Crippen molar-refractivity contribution in [3.05, 3.63) is 64.1 Å². The van der Waals surface area contributed by atoms with Crippen LogP contribution in [0.4, 0.5) is 22.0 Å². The maximum atomic E-state index is 13.9. The minimum Gasteiger partial charge on any atom is -0.496 e. The van der Waals surface area contributed by atoms with Gasteiger partial charge in [-0.25, -0.2) is 13.2 Å². The smallest absolute Gasteiger partial charge is 0.276 e. The van der Waals surface area contributed by atoms with Gasteiger partial charge in [-0.3, -0.25) is 9.69 Å². The van der Waals surface area contributed by atoms with E-state index in [1.165, 1.54) is 30.2 Å². The molecule has 0 radical (unpaired) electrons. The van der Waals surface area contributed by atoms with Gasteiger partial charge < -0.3 is 19.5 Å². The summed E-state index contributed by atoms with van der Waals surface area (Å²) < 4.78 is 83.0. The third kappa shape index (κ3) is 5.12. The second kappa shape index (κ2) is 10.8. The number of halogens is 5. The summed E-state index contributed by atoms with van der Waals surface area (Å²) >= 11 is 5.19. The summed E-state index contributed by atoms with van der Waals surface area (Å²) in [5, 5.41) is 3.05. The van der Waals surface area contributed by atoms with E-state index in [0.717, 1.165) is 0 Å². The summed E-state index contributed by atoms with van der Waals surface area (Å²) in [6.45, 7) is 0.233. The molecule has 0 spiro atoms. The van der Waals surface area contributed by atoms with Crippen LogP contribution in [0.25, 0.3) is 6.08 Å². The molecule has 3 rings (SSSR count). The van der Waals surface area contributed by atoms with Crippen molar-refractivity contribution in [2.75, 3.05) is 27.4 Å². The van der Waals surface area contributed by atoms with Gasteiger partial charge in [-0.05, 0) is 42.4 Å². The van der Waals surface area contributed by atoms with Gasteiger partial charge in [0.05, 0.1) is 7.11 Å². The van der Waals surface area contributed by atoms with Crippen molar-refractivity contribution in [1.29, 1.82) is 0 Å². The van der Waals surface area contributed by atoms with E-state index in [1.54, 1.807) is 13.2 Å². The number of nitrogens with one attached hydrogen (secondary N) is 1. The number of thiocarbonyl (C=S) groups is 1. The van der Waals surface area contributed by atoms with Crippen LogP contribution in [-0.4, -0.2) is 43.3 Å². The molecule has 1 amide bonds. The molecule has 1 N–H and O–H groups in total. The molecule has 0 bridgehead atoms. The van der Waals surface area contributed by atoms with E-state index in [0.29, 0.717) is 25.1 Å². The zero-order valence-electron chi connectivity index (χ0n) is 18.0. The highest BCUT2D eigenvalue weighted by atomic mass is 32.1. The van der Waals surface area contributed by atoms with Crippen LogP contribution >= 0.6 is 12.2 Å². The van der Waals surface area contributed by atoms with Crippen LogP contribution in [0.15, 0.2) is 23.9 Å². The number of carbonyl (C=O) groups is 1. The third-order valence-electron chi connectivity index (χ3n) is 4.85. The molecule has 1 aliphatic rings. The molecule has 1 fully saturated rings. The standard InChI is InChI=1S/C22H19F5N2O4S/c1-31-7-3-6-29-21(30)13(28-22(29)34)9-11-4-5-14(32-2)12(8-11)10-33-20-18(26)16(24)15(23)17(25)19(20)27/h4-5,8-9H,3,6-7,10H2,1-2H3,(H,28,34)/b13-9+. The van der Waals surface area contributed by atoms with E-state index in [9.17, 15) is 26.7 Å². The fourth-order valence-corrected chi connectivity index (χ4v) is 3.46. The van der Waals surface area contributed by atoms with E-state index in [2.05, 4.69) is 5.32 Å². The highest BCUT2D eigenvalue weighted by molar-refractivity contribution is 7.80. The van der Waals surface area contributed by atoms with Crippen LogP contribution in [0.3, 0.4) is 0 Å². The van der Waals surface area contributed by atoms with Crippen LogP contribution in [0.5, 0.6) is 11.5 Å². The predicted octanol–water partition coefficient (Wildman–Crippen LogP) is 4.06. The topological polar surface area (TPSA) is 60.0 Å². The summed E-state index contributed by atoms with van der Waals surface area (Å²) in [4.78, 5) is 14.0. The molecule has 0 aromatic heterocycles. The Morgan fingerprint density at radius 2 is 1.68 bits per heavy atom. The van der Waals surface area contributed by atoms with Crippen molar-refractivity contribution in [1.82, 2.24) is 10.2 Å². The average molecular weight is 502 g/mol. The SMILES string of the molecule is COCCCN1C(=O)/C(=C\c2ccc(OC)c(COc3c(F)c(F)c(F)c(F)c3F)c2)NC1=S. The van der Waals surface area contributed by atoms with Crippen LogP contribution in [0.2, 0.25) is 0 Å². The molecule has 182 valence electrons. The van der Waals surface area contributed by atoms with Gasteiger partial charge >= 0.3 is 0 Å². The quantitative estimate of drug-likeness (QED) is 0.139. The molecule has 0 atom stereocenters. The van der Waals surface area contributed by atoms with Gasteiger partial charge in [0.1, 0.15) is 18.1 Å². The molecule has 0 unspecified atom stereocenters. The van der Waals surface area contributed by atoms with Gasteiger partial charge in [-0.15, -0.1) is 0 Å². The van der Waals surface area contributed by atoms with Crippen LogP contribution in [0.1, 0.15) is 17.5 Å². The van der Waals surface area contributed by atoms with Gasteiger partial charge in [0.2, 0.25) is 29.1 Å². The normalized spacial score (nSPS) is 14.7. The lowest BCUT2D eigenvalue weighted by Gasteiger charge is -2.13. The lowest BCUT2D eigenvalue weighted by molar-refractivity contribution is -0.122. The number of hydrogen-bond acceptors (Lipinski definition) is 5. The van der Waals surface area contributed by atoms with E-state index in [4.69, 9.17) is 26.4 Å². The second-order valence-corrected chi connectivity index (χ2v) is 7.44. The molecule has 2 aromatic rings. The Hall–Kier alpha value is -3.25. The Labute approximate surface area is 196 Å². The largest absolute Gasteiger partial charge is 0.496 e. The molecule has 12 heteroatoms. The minimum atomic E-state index is -2.28. The molecule has 1 aliphatic heterocycles. The fourth-order valence-electron chi connectivity index (χ4n) is 3.17. The zero-order valence-corrected chi connectivity index (χ0v) is 18.8. The van der Waals surface area contributed by atoms with Crippen molar-refractivity contribution in [3.8, 4) is 11.5 Å². The Morgan fingerprint density at radius 1 is 1.03 bits per heavy atom. The van der Waals surface area contributed by atoms with Gasteiger partial charge in [0.25, 0.3) is 5.91 Å². The van der Waals surface area contributed by atoms with E-state index in [1.807, 2.05) is 0 Å². The predicted molar refractivity (Wildman–Crippen MR) is 115 cm³/mol.